The topological polar surface area (TPSA) is 58.8 Å². The molecule has 0 bridgehead atoms. The van der Waals surface area contributed by atoms with Crippen LogP contribution in [0.4, 0.5) is 0 Å². The quantitative estimate of drug-likeness (QED) is 0.849. The van der Waals surface area contributed by atoms with Gasteiger partial charge >= 0.3 is 0 Å². The van der Waals surface area contributed by atoms with E-state index in [1.165, 1.54) is 0 Å². The summed E-state index contributed by atoms with van der Waals surface area (Å²) in [4.78, 5) is 16.0. The molecular formula is C14H21N3O2. The first kappa shape index (κ1) is 13.8. The average Bonchev–Trinajstić information content (AvgIpc) is 2.46. The minimum atomic E-state index is 0.0519. The van der Waals surface area contributed by atoms with Gasteiger partial charge in [0.2, 0.25) is 0 Å². The Morgan fingerprint density at radius 3 is 2.42 bits per heavy atom. The van der Waals surface area contributed by atoms with Crippen LogP contribution in [0.25, 0.3) is 0 Å². The van der Waals surface area contributed by atoms with Crippen LogP contribution in [0.15, 0.2) is 24.3 Å². The summed E-state index contributed by atoms with van der Waals surface area (Å²) >= 11 is 0. The molecule has 1 aromatic carbocycles. The highest BCUT2D eigenvalue weighted by molar-refractivity contribution is 5.77. The summed E-state index contributed by atoms with van der Waals surface area (Å²) in [5, 5.41) is 0. The number of ether oxygens (including phenoxy) is 1. The van der Waals surface area contributed by atoms with Crippen molar-refractivity contribution < 1.29 is 9.53 Å². The molecule has 1 heterocycles. The van der Waals surface area contributed by atoms with Crippen LogP contribution in [-0.4, -0.2) is 55.5 Å². The van der Waals surface area contributed by atoms with E-state index < -0.39 is 0 Å². The van der Waals surface area contributed by atoms with Gasteiger partial charge in [-0.1, -0.05) is 12.1 Å². The molecule has 0 aromatic heterocycles. The number of piperazine rings is 1. The van der Waals surface area contributed by atoms with Crippen molar-refractivity contribution in [2.75, 3.05) is 39.8 Å². The first-order chi connectivity index (χ1) is 9.19. The molecule has 2 N–H and O–H groups in total. The van der Waals surface area contributed by atoms with Gasteiger partial charge in [0.15, 0.2) is 6.61 Å². The van der Waals surface area contributed by atoms with Gasteiger partial charge < -0.3 is 20.3 Å². The number of rotatable bonds is 4. The number of likely N-dealkylation sites (N-methyl/N-ethyl adjacent to an activating group) is 1. The smallest absolute Gasteiger partial charge is 0.260 e. The van der Waals surface area contributed by atoms with E-state index in [9.17, 15) is 4.79 Å². The first-order valence-electron chi connectivity index (χ1n) is 6.57. The number of amides is 1. The van der Waals surface area contributed by atoms with Gasteiger partial charge in [0.1, 0.15) is 5.75 Å². The van der Waals surface area contributed by atoms with Gasteiger partial charge in [0, 0.05) is 32.7 Å². The zero-order chi connectivity index (χ0) is 13.7. The van der Waals surface area contributed by atoms with Gasteiger partial charge in [-0.25, -0.2) is 0 Å². The molecule has 1 saturated heterocycles. The molecule has 0 unspecified atom stereocenters. The van der Waals surface area contributed by atoms with E-state index in [4.69, 9.17) is 10.5 Å². The van der Waals surface area contributed by atoms with Gasteiger partial charge in [-0.3, -0.25) is 4.79 Å². The maximum absolute atomic E-state index is 12.0. The molecule has 19 heavy (non-hydrogen) atoms. The first-order valence-corrected chi connectivity index (χ1v) is 6.57. The van der Waals surface area contributed by atoms with E-state index >= 15 is 0 Å². The highest BCUT2D eigenvalue weighted by Gasteiger charge is 2.19. The molecule has 1 amide bonds. The number of carbonyl (C=O) groups excluding carboxylic acids is 1. The minimum Gasteiger partial charge on any atom is -0.484 e. The summed E-state index contributed by atoms with van der Waals surface area (Å²) in [5.41, 5.74) is 6.58. The van der Waals surface area contributed by atoms with Crippen molar-refractivity contribution in [3.8, 4) is 5.75 Å². The molecule has 0 atom stereocenters. The molecular weight excluding hydrogens is 242 g/mol. The van der Waals surface area contributed by atoms with Gasteiger partial charge in [-0.2, -0.15) is 0 Å². The van der Waals surface area contributed by atoms with E-state index in [0.29, 0.717) is 12.3 Å². The molecule has 5 nitrogen and oxygen atoms in total. The van der Waals surface area contributed by atoms with Crippen LogP contribution in [-0.2, 0) is 11.3 Å². The minimum absolute atomic E-state index is 0.0519. The van der Waals surface area contributed by atoms with E-state index in [-0.39, 0.29) is 12.5 Å². The van der Waals surface area contributed by atoms with Gasteiger partial charge in [-0.15, -0.1) is 0 Å². The molecule has 1 fully saturated rings. The number of nitrogens with two attached hydrogens (primary N) is 1. The Balaban J connectivity index is 1.79. The number of nitrogens with zero attached hydrogens (tertiary/aromatic N) is 2. The predicted octanol–water partition coefficient (Wildman–Crippen LogP) is 0.298. The normalized spacial score (nSPS) is 16.4. The van der Waals surface area contributed by atoms with Crippen molar-refractivity contribution in [1.82, 2.24) is 9.80 Å². The van der Waals surface area contributed by atoms with Crippen molar-refractivity contribution in [3.63, 3.8) is 0 Å². The van der Waals surface area contributed by atoms with Gasteiger partial charge in [0.05, 0.1) is 0 Å². The highest BCUT2D eigenvalue weighted by atomic mass is 16.5. The zero-order valence-corrected chi connectivity index (χ0v) is 11.3. The van der Waals surface area contributed by atoms with Crippen LogP contribution in [0.3, 0.4) is 0 Å². The van der Waals surface area contributed by atoms with Crippen molar-refractivity contribution in [2.45, 2.75) is 6.54 Å². The summed E-state index contributed by atoms with van der Waals surface area (Å²) in [7, 11) is 2.07. The Hall–Kier alpha value is -1.59. The van der Waals surface area contributed by atoms with E-state index in [1.807, 2.05) is 29.2 Å². The second-order valence-electron chi connectivity index (χ2n) is 4.82. The second-order valence-corrected chi connectivity index (χ2v) is 4.82. The molecule has 0 aliphatic carbocycles. The fraction of sp³-hybridized carbons (Fsp3) is 0.500. The number of carbonyl (C=O) groups is 1. The Kier molecular flexibility index (Phi) is 4.76. The molecule has 0 radical (unpaired) electrons. The van der Waals surface area contributed by atoms with Crippen molar-refractivity contribution >= 4 is 5.91 Å². The van der Waals surface area contributed by atoms with Crippen LogP contribution in [0.1, 0.15) is 5.56 Å². The van der Waals surface area contributed by atoms with E-state index in [2.05, 4.69) is 11.9 Å². The average molecular weight is 263 g/mol. The molecule has 1 aliphatic heterocycles. The number of hydrogen-bond donors (Lipinski definition) is 1. The summed E-state index contributed by atoms with van der Waals surface area (Å²) in [6, 6.07) is 7.52. The lowest BCUT2D eigenvalue weighted by Crippen LogP contribution is -2.48. The number of benzene rings is 1. The van der Waals surface area contributed by atoms with Crippen LogP contribution < -0.4 is 10.5 Å². The fourth-order valence-corrected chi connectivity index (χ4v) is 2.01. The summed E-state index contributed by atoms with van der Waals surface area (Å²) in [6.07, 6.45) is 0. The SMILES string of the molecule is CN1CCN(C(=O)COc2ccc(CN)cc2)CC1. The fourth-order valence-electron chi connectivity index (χ4n) is 2.01. The van der Waals surface area contributed by atoms with Crippen LogP contribution in [0.2, 0.25) is 0 Å². The van der Waals surface area contributed by atoms with Crippen molar-refractivity contribution in [2.24, 2.45) is 5.73 Å². The molecule has 2 rings (SSSR count). The summed E-state index contributed by atoms with van der Waals surface area (Å²) in [5.74, 6) is 0.760. The molecule has 5 heteroatoms. The van der Waals surface area contributed by atoms with Crippen LogP contribution >= 0.6 is 0 Å². The lowest BCUT2D eigenvalue weighted by molar-refractivity contribution is -0.134. The zero-order valence-electron chi connectivity index (χ0n) is 11.3. The van der Waals surface area contributed by atoms with E-state index in [0.717, 1.165) is 31.7 Å². The standard InChI is InChI=1S/C14H21N3O2/c1-16-6-8-17(9-7-16)14(18)11-19-13-4-2-12(10-15)3-5-13/h2-5H,6-11,15H2,1H3. The van der Waals surface area contributed by atoms with Gasteiger partial charge in [0.25, 0.3) is 5.91 Å². The third-order valence-electron chi connectivity index (χ3n) is 3.38. The molecule has 0 spiro atoms. The third kappa shape index (κ3) is 3.94. The predicted molar refractivity (Wildman–Crippen MR) is 73.9 cm³/mol. The Morgan fingerprint density at radius 2 is 1.84 bits per heavy atom. The summed E-state index contributed by atoms with van der Waals surface area (Å²) < 4.78 is 5.50. The Morgan fingerprint density at radius 1 is 1.21 bits per heavy atom. The maximum atomic E-state index is 12.0. The third-order valence-corrected chi connectivity index (χ3v) is 3.38. The van der Waals surface area contributed by atoms with E-state index in [1.54, 1.807) is 0 Å². The lowest BCUT2D eigenvalue weighted by Gasteiger charge is -2.32. The monoisotopic (exact) mass is 263 g/mol. The van der Waals surface area contributed by atoms with Crippen molar-refractivity contribution in [1.29, 1.82) is 0 Å². The maximum Gasteiger partial charge on any atom is 0.260 e. The van der Waals surface area contributed by atoms with Crippen LogP contribution in [0, 0.1) is 0 Å². The Labute approximate surface area is 113 Å². The summed E-state index contributed by atoms with van der Waals surface area (Å²) in [6.45, 7) is 4.04. The number of hydrogen-bond acceptors (Lipinski definition) is 4. The highest BCUT2D eigenvalue weighted by Crippen LogP contribution is 2.12. The van der Waals surface area contributed by atoms with Crippen LogP contribution in [0.5, 0.6) is 5.75 Å². The van der Waals surface area contributed by atoms with Gasteiger partial charge in [-0.05, 0) is 24.7 Å². The largest absolute Gasteiger partial charge is 0.484 e. The molecule has 104 valence electrons. The molecule has 0 saturated carbocycles. The Bertz CT molecular complexity index is 411. The lowest BCUT2D eigenvalue weighted by atomic mass is 10.2. The molecule has 1 aromatic rings. The second kappa shape index (κ2) is 6.54. The molecule has 1 aliphatic rings. The van der Waals surface area contributed by atoms with Crippen molar-refractivity contribution in [3.05, 3.63) is 29.8 Å².